The molecule has 0 aliphatic rings. The first-order valence-corrected chi connectivity index (χ1v) is 6.42. The number of carbonyl (C=O) groups excluding carboxylic acids is 1. The van der Waals surface area contributed by atoms with E-state index in [0.717, 1.165) is 15.6 Å². The summed E-state index contributed by atoms with van der Waals surface area (Å²) in [5, 5.41) is 0.887. The Balaban J connectivity index is 2.60. The first kappa shape index (κ1) is 14.1. The van der Waals surface area contributed by atoms with Crippen molar-refractivity contribution in [2.45, 2.75) is 52.7 Å². The summed E-state index contributed by atoms with van der Waals surface area (Å²) in [6, 6.07) is -0.640. The molecule has 2 N–H and O–H groups in total. The van der Waals surface area contributed by atoms with Gasteiger partial charge in [-0.05, 0) is 34.6 Å². The SMILES string of the molecule is Cc1nc(CC(N)C(=O)OC(C)(C)C)sc1C. The number of nitrogens with zero attached hydrogens (tertiary/aromatic N) is 1. The highest BCUT2D eigenvalue weighted by Crippen LogP contribution is 2.18. The molecule has 0 saturated heterocycles. The Labute approximate surface area is 106 Å². The third-order valence-corrected chi connectivity index (χ3v) is 3.27. The lowest BCUT2D eigenvalue weighted by molar-refractivity contribution is -0.156. The number of hydrogen-bond acceptors (Lipinski definition) is 5. The molecule has 0 spiro atoms. The van der Waals surface area contributed by atoms with Crippen molar-refractivity contribution in [1.82, 2.24) is 4.98 Å². The van der Waals surface area contributed by atoms with Gasteiger partial charge in [0.2, 0.25) is 0 Å². The van der Waals surface area contributed by atoms with Gasteiger partial charge in [-0.25, -0.2) is 4.98 Å². The van der Waals surface area contributed by atoms with E-state index in [2.05, 4.69) is 4.98 Å². The second-order valence-electron chi connectivity index (χ2n) is 5.09. The van der Waals surface area contributed by atoms with Crippen LogP contribution >= 0.6 is 11.3 Å². The Bertz CT molecular complexity index is 388. The fourth-order valence-corrected chi connectivity index (χ4v) is 2.27. The molecule has 0 fully saturated rings. The largest absolute Gasteiger partial charge is 0.459 e. The zero-order valence-corrected chi connectivity index (χ0v) is 11.9. The molecule has 96 valence electrons. The predicted octanol–water partition coefficient (Wildman–Crippen LogP) is 1.97. The maximum atomic E-state index is 11.7. The number of aromatic nitrogens is 1. The third kappa shape index (κ3) is 4.44. The summed E-state index contributed by atoms with van der Waals surface area (Å²) in [6.07, 6.45) is 0.439. The number of carbonyl (C=O) groups is 1. The number of thiazole rings is 1. The lowest BCUT2D eigenvalue weighted by atomic mass is 10.1. The maximum Gasteiger partial charge on any atom is 0.323 e. The van der Waals surface area contributed by atoms with Crippen molar-refractivity contribution in [2.24, 2.45) is 5.73 Å². The van der Waals surface area contributed by atoms with Crippen LogP contribution in [0.5, 0.6) is 0 Å². The number of rotatable bonds is 3. The van der Waals surface area contributed by atoms with Crippen molar-refractivity contribution in [2.75, 3.05) is 0 Å². The van der Waals surface area contributed by atoms with Crippen molar-refractivity contribution in [3.05, 3.63) is 15.6 Å². The van der Waals surface area contributed by atoms with E-state index in [1.165, 1.54) is 0 Å². The summed E-state index contributed by atoms with van der Waals surface area (Å²) in [4.78, 5) is 17.2. The molecule has 0 bridgehead atoms. The van der Waals surface area contributed by atoms with Gasteiger partial charge in [0.1, 0.15) is 11.6 Å². The van der Waals surface area contributed by atoms with Gasteiger partial charge in [0.15, 0.2) is 0 Å². The van der Waals surface area contributed by atoms with Gasteiger partial charge >= 0.3 is 5.97 Å². The van der Waals surface area contributed by atoms with Crippen molar-refractivity contribution in [3.63, 3.8) is 0 Å². The summed E-state index contributed by atoms with van der Waals surface area (Å²) in [5.41, 5.74) is 6.31. The molecule has 0 radical (unpaired) electrons. The van der Waals surface area contributed by atoms with E-state index in [9.17, 15) is 4.79 Å². The molecule has 1 rings (SSSR count). The molecule has 0 aliphatic heterocycles. The smallest absolute Gasteiger partial charge is 0.323 e. The predicted molar refractivity (Wildman–Crippen MR) is 69.1 cm³/mol. The minimum absolute atomic E-state index is 0.372. The minimum Gasteiger partial charge on any atom is -0.459 e. The quantitative estimate of drug-likeness (QED) is 0.840. The average Bonchev–Trinajstić information content (AvgIpc) is 2.42. The lowest BCUT2D eigenvalue weighted by Gasteiger charge is -2.21. The summed E-state index contributed by atoms with van der Waals surface area (Å²) < 4.78 is 5.22. The Morgan fingerprint density at radius 2 is 2.06 bits per heavy atom. The van der Waals surface area contributed by atoms with Crippen molar-refractivity contribution < 1.29 is 9.53 Å². The normalized spacial score (nSPS) is 13.5. The van der Waals surface area contributed by atoms with E-state index in [4.69, 9.17) is 10.5 Å². The van der Waals surface area contributed by atoms with Crippen molar-refractivity contribution in [1.29, 1.82) is 0 Å². The number of hydrogen-bond donors (Lipinski definition) is 1. The van der Waals surface area contributed by atoms with E-state index < -0.39 is 11.6 Å². The van der Waals surface area contributed by atoms with E-state index in [-0.39, 0.29) is 5.97 Å². The molecule has 1 unspecified atom stereocenters. The Kier molecular flexibility index (Phi) is 4.27. The number of esters is 1. The summed E-state index contributed by atoms with van der Waals surface area (Å²) >= 11 is 1.58. The summed E-state index contributed by atoms with van der Waals surface area (Å²) in [7, 11) is 0. The fourth-order valence-electron chi connectivity index (χ4n) is 1.28. The van der Waals surface area contributed by atoms with Gasteiger partial charge in [-0.15, -0.1) is 11.3 Å². The third-order valence-electron chi connectivity index (χ3n) is 2.18. The van der Waals surface area contributed by atoms with Crippen LogP contribution in [0.25, 0.3) is 0 Å². The lowest BCUT2D eigenvalue weighted by Crippen LogP contribution is -2.38. The highest BCUT2D eigenvalue weighted by molar-refractivity contribution is 7.11. The van der Waals surface area contributed by atoms with Gasteiger partial charge in [0, 0.05) is 11.3 Å². The Morgan fingerprint density at radius 1 is 1.47 bits per heavy atom. The van der Waals surface area contributed by atoms with E-state index in [1.807, 2.05) is 34.6 Å². The topological polar surface area (TPSA) is 65.2 Å². The van der Waals surface area contributed by atoms with Gasteiger partial charge in [-0.1, -0.05) is 0 Å². The van der Waals surface area contributed by atoms with Crippen LogP contribution in [-0.4, -0.2) is 22.6 Å². The van der Waals surface area contributed by atoms with Crippen LogP contribution < -0.4 is 5.73 Å². The molecular formula is C12H20N2O2S. The van der Waals surface area contributed by atoms with Gasteiger partial charge in [-0.3, -0.25) is 4.79 Å². The highest BCUT2D eigenvalue weighted by atomic mass is 32.1. The van der Waals surface area contributed by atoms with Crippen molar-refractivity contribution >= 4 is 17.3 Å². The number of ether oxygens (including phenoxy) is 1. The molecule has 0 aliphatic carbocycles. The number of nitrogens with two attached hydrogens (primary N) is 1. The van der Waals surface area contributed by atoms with Gasteiger partial charge in [-0.2, -0.15) is 0 Å². The molecule has 0 aromatic carbocycles. The van der Waals surface area contributed by atoms with Gasteiger partial charge in [0.05, 0.1) is 10.7 Å². The second-order valence-corrected chi connectivity index (χ2v) is 6.38. The van der Waals surface area contributed by atoms with Crippen LogP contribution in [-0.2, 0) is 16.0 Å². The van der Waals surface area contributed by atoms with Crippen LogP contribution in [0.3, 0.4) is 0 Å². The van der Waals surface area contributed by atoms with E-state index >= 15 is 0 Å². The molecule has 17 heavy (non-hydrogen) atoms. The van der Waals surface area contributed by atoms with Crippen LogP contribution in [0.15, 0.2) is 0 Å². The Hall–Kier alpha value is -0.940. The standard InChI is InChI=1S/C12H20N2O2S/c1-7-8(2)17-10(14-7)6-9(13)11(15)16-12(3,4)5/h9H,6,13H2,1-5H3. The van der Waals surface area contributed by atoms with E-state index in [1.54, 1.807) is 11.3 Å². The molecule has 1 heterocycles. The van der Waals surface area contributed by atoms with Crippen LogP contribution in [0.4, 0.5) is 0 Å². The molecular weight excluding hydrogens is 236 g/mol. The molecule has 4 nitrogen and oxygen atoms in total. The van der Waals surface area contributed by atoms with Crippen LogP contribution in [0.2, 0.25) is 0 Å². The Morgan fingerprint density at radius 3 is 2.47 bits per heavy atom. The first-order chi connectivity index (χ1) is 7.69. The van der Waals surface area contributed by atoms with Gasteiger partial charge in [0.25, 0.3) is 0 Å². The zero-order chi connectivity index (χ0) is 13.2. The fraction of sp³-hybridized carbons (Fsp3) is 0.667. The first-order valence-electron chi connectivity index (χ1n) is 5.60. The minimum atomic E-state index is -0.640. The molecule has 1 atom stereocenters. The molecule has 0 amide bonds. The molecule has 1 aromatic rings. The second kappa shape index (κ2) is 5.14. The molecule has 0 saturated carbocycles. The summed E-state index contributed by atoms with van der Waals surface area (Å²) in [5.74, 6) is -0.372. The highest BCUT2D eigenvalue weighted by Gasteiger charge is 2.23. The summed E-state index contributed by atoms with van der Waals surface area (Å²) in [6.45, 7) is 9.45. The molecule has 5 heteroatoms. The number of aryl methyl sites for hydroxylation is 2. The maximum absolute atomic E-state index is 11.7. The monoisotopic (exact) mass is 256 g/mol. The van der Waals surface area contributed by atoms with Crippen molar-refractivity contribution in [3.8, 4) is 0 Å². The molecule has 1 aromatic heterocycles. The van der Waals surface area contributed by atoms with Gasteiger partial charge < -0.3 is 10.5 Å². The van der Waals surface area contributed by atoms with Crippen LogP contribution in [0.1, 0.15) is 36.3 Å². The van der Waals surface area contributed by atoms with Crippen LogP contribution in [0, 0.1) is 13.8 Å². The zero-order valence-electron chi connectivity index (χ0n) is 11.0. The van der Waals surface area contributed by atoms with E-state index in [0.29, 0.717) is 6.42 Å². The average molecular weight is 256 g/mol.